The van der Waals surface area contributed by atoms with E-state index < -0.39 is 0 Å². The van der Waals surface area contributed by atoms with E-state index in [1.165, 1.54) is 9.13 Å². The Balaban J connectivity index is 2.25. The van der Waals surface area contributed by atoms with E-state index in [1.54, 1.807) is 11.3 Å². The standard InChI is InChI=1S/C13H14BrIN2S/c1-8-17-10(7-18-8)6-13(16-2)11-5-9(15)3-4-12(11)14/h3-5,7,13,16H,6H2,1-2H3. The number of thiazole rings is 1. The van der Waals surface area contributed by atoms with Gasteiger partial charge in [0.25, 0.3) is 0 Å². The molecule has 0 aliphatic carbocycles. The summed E-state index contributed by atoms with van der Waals surface area (Å²) >= 11 is 7.68. The quantitative estimate of drug-likeness (QED) is 0.722. The number of aromatic nitrogens is 1. The Hall–Kier alpha value is 0.0200. The van der Waals surface area contributed by atoms with Crippen LogP contribution in [0, 0.1) is 10.5 Å². The molecule has 1 atom stereocenters. The number of rotatable bonds is 4. The van der Waals surface area contributed by atoms with E-state index in [2.05, 4.69) is 72.4 Å². The van der Waals surface area contributed by atoms with E-state index in [0.29, 0.717) is 0 Å². The Morgan fingerprint density at radius 3 is 2.89 bits per heavy atom. The average Bonchev–Trinajstić information content (AvgIpc) is 2.75. The molecule has 0 spiro atoms. The Labute approximate surface area is 133 Å². The van der Waals surface area contributed by atoms with Crippen molar-refractivity contribution in [3.63, 3.8) is 0 Å². The summed E-state index contributed by atoms with van der Waals surface area (Å²) in [6, 6.07) is 6.71. The number of nitrogens with one attached hydrogen (secondary N) is 1. The molecule has 2 rings (SSSR count). The van der Waals surface area contributed by atoms with Gasteiger partial charge in [0.05, 0.1) is 10.7 Å². The summed E-state index contributed by atoms with van der Waals surface area (Å²) in [4.78, 5) is 4.54. The van der Waals surface area contributed by atoms with Crippen molar-refractivity contribution in [1.29, 1.82) is 0 Å². The molecule has 0 aliphatic rings. The number of likely N-dealkylation sites (N-methyl/N-ethyl adjacent to an activating group) is 1. The van der Waals surface area contributed by atoms with Crippen molar-refractivity contribution in [1.82, 2.24) is 10.3 Å². The fourth-order valence-corrected chi connectivity index (χ4v) is 3.52. The lowest BCUT2D eigenvalue weighted by molar-refractivity contribution is 0.583. The molecule has 0 fully saturated rings. The molecule has 96 valence electrons. The summed E-state index contributed by atoms with van der Waals surface area (Å²) in [7, 11) is 2.00. The molecule has 0 bridgehead atoms. The van der Waals surface area contributed by atoms with Gasteiger partial charge >= 0.3 is 0 Å². The van der Waals surface area contributed by atoms with Crippen LogP contribution in [0.1, 0.15) is 22.3 Å². The van der Waals surface area contributed by atoms with Crippen molar-refractivity contribution in [3.8, 4) is 0 Å². The van der Waals surface area contributed by atoms with Crippen LogP contribution in [-0.2, 0) is 6.42 Å². The minimum Gasteiger partial charge on any atom is -0.313 e. The van der Waals surface area contributed by atoms with E-state index >= 15 is 0 Å². The first-order chi connectivity index (χ1) is 8.60. The maximum Gasteiger partial charge on any atom is 0.0897 e. The highest BCUT2D eigenvalue weighted by atomic mass is 127. The number of benzene rings is 1. The Morgan fingerprint density at radius 1 is 1.50 bits per heavy atom. The number of nitrogens with zero attached hydrogens (tertiary/aromatic N) is 1. The van der Waals surface area contributed by atoms with Gasteiger partial charge in [-0.2, -0.15) is 0 Å². The second-order valence-corrected chi connectivity index (χ2v) is 7.23. The molecular weight excluding hydrogens is 423 g/mol. The smallest absolute Gasteiger partial charge is 0.0897 e. The van der Waals surface area contributed by atoms with Crippen LogP contribution in [0.15, 0.2) is 28.1 Å². The Morgan fingerprint density at radius 2 is 2.28 bits per heavy atom. The molecule has 1 unspecified atom stereocenters. The Bertz CT molecular complexity index is 542. The van der Waals surface area contributed by atoms with Crippen LogP contribution < -0.4 is 5.32 Å². The van der Waals surface area contributed by atoms with Crippen molar-refractivity contribution in [2.24, 2.45) is 0 Å². The van der Waals surface area contributed by atoms with Crippen molar-refractivity contribution < 1.29 is 0 Å². The largest absolute Gasteiger partial charge is 0.313 e. The lowest BCUT2D eigenvalue weighted by Gasteiger charge is -2.17. The lowest BCUT2D eigenvalue weighted by Crippen LogP contribution is -2.19. The van der Waals surface area contributed by atoms with E-state index in [4.69, 9.17) is 0 Å². The average molecular weight is 437 g/mol. The van der Waals surface area contributed by atoms with Gasteiger partial charge in [-0.15, -0.1) is 11.3 Å². The zero-order valence-electron chi connectivity index (χ0n) is 10.2. The fraction of sp³-hybridized carbons (Fsp3) is 0.308. The molecule has 1 aromatic carbocycles. The molecule has 18 heavy (non-hydrogen) atoms. The number of hydrogen-bond acceptors (Lipinski definition) is 3. The summed E-state index contributed by atoms with van der Waals surface area (Å²) in [5.41, 5.74) is 2.44. The van der Waals surface area contributed by atoms with Gasteiger partial charge in [0.15, 0.2) is 0 Å². The van der Waals surface area contributed by atoms with Crippen LogP contribution in [0.5, 0.6) is 0 Å². The highest BCUT2D eigenvalue weighted by molar-refractivity contribution is 14.1. The predicted molar refractivity (Wildman–Crippen MR) is 89.2 cm³/mol. The van der Waals surface area contributed by atoms with Gasteiger partial charge in [-0.3, -0.25) is 0 Å². The van der Waals surface area contributed by atoms with Crippen molar-refractivity contribution in [2.45, 2.75) is 19.4 Å². The normalized spacial score (nSPS) is 12.7. The van der Waals surface area contributed by atoms with Crippen LogP contribution in [0.2, 0.25) is 0 Å². The van der Waals surface area contributed by atoms with Crippen molar-refractivity contribution in [3.05, 3.63) is 47.9 Å². The van der Waals surface area contributed by atoms with E-state index in [0.717, 1.165) is 21.6 Å². The predicted octanol–water partition coefficient (Wildman–Crippen LogP) is 4.32. The van der Waals surface area contributed by atoms with E-state index in [1.807, 2.05) is 14.0 Å². The summed E-state index contributed by atoms with van der Waals surface area (Å²) < 4.78 is 2.40. The van der Waals surface area contributed by atoms with Gasteiger partial charge in [0.1, 0.15) is 0 Å². The number of halogens is 2. The first kappa shape index (κ1) is 14.4. The maximum atomic E-state index is 4.54. The lowest BCUT2D eigenvalue weighted by atomic mass is 10.0. The molecule has 1 aromatic heterocycles. The fourth-order valence-electron chi connectivity index (χ4n) is 1.86. The molecular formula is C13H14BrIN2S. The van der Waals surface area contributed by atoms with Crippen LogP contribution in [-0.4, -0.2) is 12.0 Å². The highest BCUT2D eigenvalue weighted by Crippen LogP contribution is 2.28. The third-order valence-electron chi connectivity index (χ3n) is 2.76. The first-order valence-corrected chi connectivity index (χ1v) is 8.38. The topological polar surface area (TPSA) is 24.9 Å². The van der Waals surface area contributed by atoms with Gasteiger partial charge in [-0.25, -0.2) is 4.98 Å². The molecule has 1 heterocycles. The van der Waals surface area contributed by atoms with Gasteiger partial charge < -0.3 is 5.32 Å². The van der Waals surface area contributed by atoms with Gasteiger partial charge in [0, 0.05) is 25.9 Å². The number of hydrogen-bond donors (Lipinski definition) is 1. The number of aryl methyl sites for hydroxylation is 1. The summed E-state index contributed by atoms with van der Waals surface area (Å²) in [6.45, 7) is 2.05. The monoisotopic (exact) mass is 436 g/mol. The first-order valence-electron chi connectivity index (χ1n) is 5.63. The third kappa shape index (κ3) is 3.53. The third-order valence-corrected chi connectivity index (χ3v) is 4.98. The maximum absolute atomic E-state index is 4.54. The molecule has 2 aromatic rings. The molecule has 2 nitrogen and oxygen atoms in total. The van der Waals surface area contributed by atoms with E-state index in [9.17, 15) is 0 Å². The zero-order valence-corrected chi connectivity index (χ0v) is 14.8. The van der Waals surface area contributed by atoms with Gasteiger partial charge in [0.2, 0.25) is 0 Å². The summed E-state index contributed by atoms with van der Waals surface area (Å²) in [5.74, 6) is 0. The van der Waals surface area contributed by atoms with Crippen molar-refractivity contribution >= 4 is 49.9 Å². The zero-order chi connectivity index (χ0) is 13.1. The second kappa shape index (κ2) is 6.45. The summed E-state index contributed by atoms with van der Waals surface area (Å²) in [6.07, 6.45) is 0.916. The van der Waals surface area contributed by atoms with Crippen LogP contribution in [0.4, 0.5) is 0 Å². The van der Waals surface area contributed by atoms with Crippen LogP contribution >= 0.6 is 49.9 Å². The molecule has 0 aliphatic heterocycles. The highest BCUT2D eigenvalue weighted by Gasteiger charge is 2.15. The summed E-state index contributed by atoms with van der Waals surface area (Å²) in [5, 5.41) is 6.64. The van der Waals surface area contributed by atoms with E-state index in [-0.39, 0.29) is 6.04 Å². The Kier molecular flexibility index (Phi) is 5.17. The molecule has 0 saturated heterocycles. The van der Waals surface area contributed by atoms with Gasteiger partial charge in [-0.1, -0.05) is 15.9 Å². The minimum absolute atomic E-state index is 0.288. The molecule has 0 saturated carbocycles. The van der Waals surface area contributed by atoms with Crippen LogP contribution in [0.3, 0.4) is 0 Å². The molecule has 5 heteroatoms. The SMILES string of the molecule is CNC(Cc1csc(C)n1)c1cc(I)ccc1Br. The molecule has 0 radical (unpaired) electrons. The molecule has 0 amide bonds. The second-order valence-electron chi connectivity index (χ2n) is 4.07. The van der Waals surface area contributed by atoms with Crippen molar-refractivity contribution in [2.75, 3.05) is 7.05 Å². The minimum atomic E-state index is 0.288. The van der Waals surface area contributed by atoms with Gasteiger partial charge in [-0.05, 0) is 60.3 Å². The van der Waals surface area contributed by atoms with Crippen LogP contribution in [0.25, 0.3) is 0 Å². The molecule has 1 N–H and O–H groups in total.